The fraction of sp³-hybridized carbons (Fsp3) is 0.364. The number of anilines is 1. The third-order valence-corrected chi connectivity index (χ3v) is 3.27. The largest absolute Gasteiger partial charge is 0.323 e. The molecule has 1 unspecified atom stereocenters. The average Bonchev–Trinajstić information content (AvgIpc) is 2.23. The molecule has 2 N–H and O–H groups in total. The van der Waals surface area contributed by atoms with Gasteiger partial charge in [-0.1, -0.05) is 46.1 Å². The molecule has 94 valence electrons. The number of benzene rings is 1. The summed E-state index contributed by atoms with van der Waals surface area (Å²) >= 11 is 15.3. The van der Waals surface area contributed by atoms with Crippen LogP contribution in [0.15, 0.2) is 16.6 Å². The molecule has 0 saturated carbocycles. The fourth-order valence-electron chi connectivity index (χ4n) is 1.31. The number of amides is 1. The molecule has 17 heavy (non-hydrogen) atoms. The molecule has 1 aromatic carbocycles. The van der Waals surface area contributed by atoms with Crippen molar-refractivity contribution in [2.45, 2.75) is 6.92 Å². The first-order valence-electron chi connectivity index (χ1n) is 5.05. The minimum atomic E-state index is -0.157. The van der Waals surface area contributed by atoms with Gasteiger partial charge in [0, 0.05) is 16.9 Å². The van der Waals surface area contributed by atoms with Gasteiger partial charge in [0.05, 0.1) is 15.7 Å². The van der Waals surface area contributed by atoms with Gasteiger partial charge in [0.2, 0.25) is 5.91 Å². The van der Waals surface area contributed by atoms with Crippen LogP contribution in [0.2, 0.25) is 10.0 Å². The van der Waals surface area contributed by atoms with E-state index in [9.17, 15) is 4.79 Å². The van der Waals surface area contributed by atoms with Crippen molar-refractivity contribution in [3.63, 3.8) is 0 Å². The predicted octanol–water partition coefficient (Wildman–Crippen LogP) is 3.55. The van der Waals surface area contributed by atoms with E-state index in [1.54, 1.807) is 19.2 Å². The van der Waals surface area contributed by atoms with Gasteiger partial charge in [-0.3, -0.25) is 4.79 Å². The summed E-state index contributed by atoms with van der Waals surface area (Å²) in [5.74, 6) is -0.277. The lowest BCUT2D eigenvalue weighted by atomic mass is 10.1. The predicted molar refractivity (Wildman–Crippen MR) is 75.9 cm³/mol. The summed E-state index contributed by atoms with van der Waals surface area (Å²) < 4.78 is 0.772. The van der Waals surface area contributed by atoms with Crippen molar-refractivity contribution in [2.24, 2.45) is 5.92 Å². The molecule has 0 aliphatic rings. The maximum atomic E-state index is 11.8. The summed E-state index contributed by atoms with van der Waals surface area (Å²) in [4.78, 5) is 11.8. The number of carbonyl (C=O) groups is 1. The highest BCUT2D eigenvalue weighted by molar-refractivity contribution is 9.10. The molecule has 1 aromatic rings. The lowest BCUT2D eigenvalue weighted by Crippen LogP contribution is -2.28. The lowest BCUT2D eigenvalue weighted by molar-refractivity contribution is -0.119. The standard InChI is InChI=1S/C11H13BrCl2N2O/c1-6(5-15-2)11(17)16-10-8(13)3-7(12)4-9(10)14/h3-4,6,15H,5H2,1-2H3,(H,16,17). The van der Waals surface area contributed by atoms with E-state index in [-0.39, 0.29) is 11.8 Å². The smallest absolute Gasteiger partial charge is 0.228 e. The second-order valence-corrected chi connectivity index (χ2v) is 5.42. The van der Waals surface area contributed by atoms with E-state index < -0.39 is 0 Å². The quantitative estimate of drug-likeness (QED) is 0.880. The van der Waals surface area contributed by atoms with Crippen LogP contribution in [0, 0.1) is 5.92 Å². The highest BCUT2D eigenvalue weighted by atomic mass is 79.9. The van der Waals surface area contributed by atoms with Crippen molar-refractivity contribution < 1.29 is 4.79 Å². The van der Waals surface area contributed by atoms with Crippen LogP contribution in [-0.2, 0) is 4.79 Å². The summed E-state index contributed by atoms with van der Waals surface area (Å²) in [5.41, 5.74) is 0.449. The molecule has 1 atom stereocenters. The van der Waals surface area contributed by atoms with Crippen molar-refractivity contribution >= 4 is 50.7 Å². The summed E-state index contributed by atoms with van der Waals surface area (Å²) in [7, 11) is 1.80. The Balaban J connectivity index is 2.85. The van der Waals surface area contributed by atoms with E-state index in [0.717, 1.165) is 4.47 Å². The monoisotopic (exact) mass is 338 g/mol. The molecule has 0 aliphatic carbocycles. The minimum absolute atomic E-state index is 0.120. The van der Waals surface area contributed by atoms with Gasteiger partial charge in [-0.05, 0) is 19.2 Å². The summed E-state index contributed by atoms with van der Waals surface area (Å²) in [6.07, 6.45) is 0. The van der Waals surface area contributed by atoms with Gasteiger partial charge in [-0.25, -0.2) is 0 Å². The molecule has 1 rings (SSSR count). The van der Waals surface area contributed by atoms with Crippen LogP contribution < -0.4 is 10.6 Å². The van der Waals surface area contributed by atoms with E-state index in [4.69, 9.17) is 23.2 Å². The number of hydrogen-bond acceptors (Lipinski definition) is 2. The molecule has 0 aliphatic heterocycles. The van der Waals surface area contributed by atoms with E-state index >= 15 is 0 Å². The van der Waals surface area contributed by atoms with Crippen molar-refractivity contribution in [1.29, 1.82) is 0 Å². The molecule has 0 bridgehead atoms. The van der Waals surface area contributed by atoms with Crippen molar-refractivity contribution in [2.75, 3.05) is 18.9 Å². The maximum Gasteiger partial charge on any atom is 0.228 e. The summed E-state index contributed by atoms with van der Waals surface area (Å²) in [6.45, 7) is 2.42. The Morgan fingerprint density at radius 1 is 1.41 bits per heavy atom. The van der Waals surface area contributed by atoms with E-state index in [0.29, 0.717) is 22.3 Å². The number of hydrogen-bond donors (Lipinski definition) is 2. The Labute approximate surface area is 119 Å². The summed E-state index contributed by atoms with van der Waals surface area (Å²) in [5, 5.41) is 6.49. The van der Waals surface area contributed by atoms with Crippen LogP contribution >= 0.6 is 39.1 Å². The third-order valence-electron chi connectivity index (χ3n) is 2.21. The van der Waals surface area contributed by atoms with Crippen molar-refractivity contribution in [1.82, 2.24) is 5.32 Å². The van der Waals surface area contributed by atoms with Crippen molar-refractivity contribution in [3.8, 4) is 0 Å². The molecule has 0 radical (unpaired) electrons. The first-order valence-corrected chi connectivity index (χ1v) is 6.60. The molecular formula is C11H13BrCl2N2O. The molecule has 3 nitrogen and oxygen atoms in total. The van der Waals surface area contributed by atoms with Crippen molar-refractivity contribution in [3.05, 3.63) is 26.7 Å². The molecular weight excluding hydrogens is 327 g/mol. The van der Waals surface area contributed by atoms with Gasteiger partial charge < -0.3 is 10.6 Å². The van der Waals surface area contributed by atoms with Gasteiger partial charge in [0.15, 0.2) is 0 Å². The molecule has 0 heterocycles. The van der Waals surface area contributed by atoms with Crippen LogP contribution in [0.3, 0.4) is 0 Å². The zero-order valence-corrected chi connectivity index (χ0v) is 12.6. The Bertz CT molecular complexity index is 403. The number of rotatable bonds is 4. The number of halogens is 3. The van der Waals surface area contributed by atoms with Crippen LogP contribution in [0.5, 0.6) is 0 Å². The van der Waals surface area contributed by atoms with Gasteiger partial charge in [-0.15, -0.1) is 0 Å². The SMILES string of the molecule is CNCC(C)C(=O)Nc1c(Cl)cc(Br)cc1Cl. The molecule has 6 heteroatoms. The van der Waals surface area contributed by atoms with Gasteiger partial charge >= 0.3 is 0 Å². The molecule has 0 fully saturated rings. The second kappa shape index (κ2) is 6.59. The molecule has 0 spiro atoms. The second-order valence-electron chi connectivity index (χ2n) is 3.69. The van der Waals surface area contributed by atoms with Gasteiger partial charge in [-0.2, -0.15) is 0 Å². The number of carbonyl (C=O) groups excluding carboxylic acids is 1. The van der Waals surface area contributed by atoms with Crippen LogP contribution in [0.1, 0.15) is 6.92 Å². The highest BCUT2D eigenvalue weighted by Gasteiger charge is 2.15. The van der Waals surface area contributed by atoms with Gasteiger partial charge in [0.25, 0.3) is 0 Å². The van der Waals surface area contributed by atoms with E-state index in [1.807, 2.05) is 6.92 Å². The van der Waals surface area contributed by atoms with Crippen LogP contribution in [-0.4, -0.2) is 19.5 Å². The van der Waals surface area contributed by atoms with Gasteiger partial charge in [0.1, 0.15) is 0 Å². The lowest BCUT2D eigenvalue weighted by Gasteiger charge is -2.14. The van der Waals surface area contributed by atoms with E-state index in [2.05, 4.69) is 26.6 Å². The Hall–Kier alpha value is -0.290. The fourth-order valence-corrected chi connectivity index (χ4v) is 2.61. The zero-order chi connectivity index (χ0) is 13.0. The van der Waals surface area contributed by atoms with Crippen LogP contribution in [0.25, 0.3) is 0 Å². The summed E-state index contributed by atoms with van der Waals surface area (Å²) in [6, 6.07) is 3.37. The highest BCUT2D eigenvalue weighted by Crippen LogP contribution is 2.33. The first kappa shape index (κ1) is 14.8. The third kappa shape index (κ3) is 4.14. The molecule has 0 saturated heterocycles. The Kier molecular flexibility index (Phi) is 5.73. The molecule has 1 amide bonds. The maximum absolute atomic E-state index is 11.8. The Morgan fingerprint density at radius 2 is 1.94 bits per heavy atom. The molecule has 0 aromatic heterocycles. The normalized spacial score (nSPS) is 12.3. The average molecular weight is 340 g/mol. The van der Waals surface area contributed by atoms with E-state index in [1.165, 1.54) is 0 Å². The Morgan fingerprint density at radius 3 is 2.41 bits per heavy atom. The topological polar surface area (TPSA) is 41.1 Å². The zero-order valence-electron chi connectivity index (χ0n) is 9.48. The van der Waals surface area contributed by atoms with Crippen LogP contribution in [0.4, 0.5) is 5.69 Å². The first-order chi connectivity index (χ1) is 7.95. The minimum Gasteiger partial charge on any atom is -0.323 e. The number of nitrogens with one attached hydrogen (secondary N) is 2.